The Hall–Kier alpha value is -3.58. The molecule has 1 aliphatic rings. The number of fused-ring (bicyclic) bond motifs is 2. The molecule has 0 radical (unpaired) electrons. The first-order valence-corrected chi connectivity index (χ1v) is 13.3. The molecule has 7 heteroatoms. The van der Waals surface area contributed by atoms with E-state index in [-0.39, 0.29) is 0 Å². The lowest BCUT2D eigenvalue weighted by Crippen LogP contribution is -2.32. The van der Waals surface area contributed by atoms with Gasteiger partial charge >= 0.3 is 0 Å². The van der Waals surface area contributed by atoms with Crippen molar-refractivity contribution in [2.24, 2.45) is 0 Å². The van der Waals surface area contributed by atoms with Crippen LogP contribution in [0.5, 0.6) is 0 Å². The molecule has 0 spiro atoms. The van der Waals surface area contributed by atoms with Crippen molar-refractivity contribution in [1.82, 2.24) is 34.4 Å². The van der Waals surface area contributed by atoms with E-state index in [1.165, 1.54) is 62.8 Å². The van der Waals surface area contributed by atoms with Gasteiger partial charge in [-0.2, -0.15) is 0 Å². The van der Waals surface area contributed by atoms with Crippen molar-refractivity contribution in [1.29, 1.82) is 0 Å². The zero-order valence-electron chi connectivity index (χ0n) is 22.4. The first-order chi connectivity index (χ1) is 17.9. The Morgan fingerprint density at radius 3 is 2.51 bits per heavy atom. The van der Waals surface area contributed by atoms with Gasteiger partial charge in [-0.15, -0.1) is 10.2 Å². The standard InChI is InChI=1S/C30H35N7/c1-18(2)28-25-12-24(23-8-10-36(11-9-23)15-22-13-31-21(5)32-14-22)6-7-27(25)34-29(28)26-16-37-17-33-35-30(37)20(4)19(26)3/h6-7,12-14,16-18,23,34H,8-11,15H2,1-5H3. The summed E-state index contributed by atoms with van der Waals surface area (Å²) in [4.78, 5) is 15.0. The van der Waals surface area contributed by atoms with Gasteiger partial charge in [0.1, 0.15) is 12.2 Å². The Balaban J connectivity index is 1.30. The molecular formula is C30H35N7. The number of nitrogens with zero attached hydrogens (tertiary/aromatic N) is 6. The predicted molar refractivity (Wildman–Crippen MR) is 148 cm³/mol. The highest BCUT2D eigenvalue weighted by atomic mass is 15.2. The Kier molecular flexibility index (Phi) is 6.03. The lowest BCUT2D eigenvalue weighted by molar-refractivity contribution is 0.204. The summed E-state index contributed by atoms with van der Waals surface area (Å²) in [6.07, 6.45) is 10.2. The van der Waals surface area contributed by atoms with Crippen molar-refractivity contribution >= 4 is 16.6 Å². The van der Waals surface area contributed by atoms with Gasteiger partial charge in [-0.05, 0) is 92.9 Å². The van der Waals surface area contributed by atoms with Crippen molar-refractivity contribution < 1.29 is 0 Å². The fourth-order valence-electron chi connectivity index (χ4n) is 5.94. The molecule has 1 aromatic carbocycles. The second kappa shape index (κ2) is 9.38. The molecule has 1 aliphatic heterocycles. The molecular weight excluding hydrogens is 458 g/mol. The third-order valence-corrected chi connectivity index (χ3v) is 8.15. The zero-order chi connectivity index (χ0) is 25.7. The highest BCUT2D eigenvalue weighted by Gasteiger charge is 2.24. The van der Waals surface area contributed by atoms with Crippen LogP contribution in [-0.2, 0) is 6.54 Å². The van der Waals surface area contributed by atoms with Gasteiger partial charge in [-0.3, -0.25) is 9.30 Å². The SMILES string of the molecule is Cc1ncc(CN2CCC(c3ccc4[nH]c(-c5cn6cnnc6c(C)c5C)c(C(C)C)c4c3)CC2)cn1. The number of hydrogen-bond donors (Lipinski definition) is 1. The number of benzene rings is 1. The van der Waals surface area contributed by atoms with Crippen molar-refractivity contribution in [2.75, 3.05) is 13.1 Å². The number of likely N-dealkylation sites (tertiary alicyclic amines) is 1. The molecule has 0 aliphatic carbocycles. The summed E-state index contributed by atoms with van der Waals surface area (Å²) in [6.45, 7) is 14.0. The van der Waals surface area contributed by atoms with Crippen molar-refractivity contribution in [3.8, 4) is 11.3 Å². The van der Waals surface area contributed by atoms with Crippen LogP contribution in [0.2, 0.25) is 0 Å². The summed E-state index contributed by atoms with van der Waals surface area (Å²) in [5.41, 5.74) is 11.0. The number of aryl methyl sites for hydroxylation is 2. The molecule has 190 valence electrons. The molecule has 0 atom stereocenters. The molecule has 1 N–H and O–H groups in total. The minimum absolute atomic E-state index is 0.397. The molecule has 1 saturated heterocycles. The van der Waals surface area contributed by atoms with Crippen LogP contribution in [0, 0.1) is 20.8 Å². The number of pyridine rings is 1. The van der Waals surface area contributed by atoms with Crippen LogP contribution < -0.4 is 0 Å². The summed E-state index contributed by atoms with van der Waals surface area (Å²) in [6, 6.07) is 7.08. The van der Waals surface area contributed by atoms with Gasteiger partial charge in [0.05, 0.1) is 5.69 Å². The lowest BCUT2D eigenvalue weighted by atomic mass is 9.87. The van der Waals surface area contributed by atoms with Gasteiger partial charge in [0.2, 0.25) is 0 Å². The van der Waals surface area contributed by atoms with E-state index < -0.39 is 0 Å². The highest BCUT2D eigenvalue weighted by molar-refractivity contribution is 5.92. The maximum absolute atomic E-state index is 4.36. The van der Waals surface area contributed by atoms with Gasteiger partial charge < -0.3 is 4.98 Å². The van der Waals surface area contributed by atoms with E-state index in [2.05, 4.69) is 82.1 Å². The second-order valence-corrected chi connectivity index (χ2v) is 10.9. The van der Waals surface area contributed by atoms with Crippen LogP contribution in [0.15, 0.2) is 43.1 Å². The Labute approximate surface area is 218 Å². The highest BCUT2D eigenvalue weighted by Crippen LogP contribution is 2.40. The average molecular weight is 494 g/mol. The van der Waals surface area contributed by atoms with Crippen LogP contribution in [0.25, 0.3) is 27.8 Å². The molecule has 0 unspecified atom stereocenters. The average Bonchev–Trinajstić information content (AvgIpc) is 3.52. The predicted octanol–water partition coefficient (Wildman–Crippen LogP) is 6.10. The number of hydrogen-bond acceptors (Lipinski definition) is 5. The van der Waals surface area contributed by atoms with E-state index in [1.807, 2.05) is 23.7 Å². The molecule has 0 saturated carbocycles. The van der Waals surface area contributed by atoms with Gasteiger partial charge in [0.25, 0.3) is 0 Å². The fourth-order valence-corrected chi connectivity index (χ4v) is 5.94. The van der Waals surface area contributed by atoms with Gasteiger partial charge in [0, 0.05) is 47.2 Å². The minimum Gasteiger partial charge on any atom is -0.354 e. The smallest absolute Gasteiger partial charge is 0.163 e. The maximum Gasteiger partial charge on any atom is 0.163 e. The normalized spacial score (nSPS) is 15.4. The van der Waals surface area contributed by atoms with Crippen LogP contribution in [0.4, 0.5) is 0 Å². The Morgan fingerprint density at radius 1 is 1.03 bits per heavy atom. The van der Waals surface area contributed by atoms with E-state index in [9.17, 15) is 0 Å². The van der Waals surface area contributed by atoms with Gasteiger partial charge in [-0.25, -0.2) is 9.97 Å². The van der Waals surface area contributed by atoms with E-state index in [0.29, 0.717) is 11.8 Å². The first kappa shape index (κ1) is 23.8. The number of piperidine rings is 1. The zero-order valence-corrected chi connectivity index (χ0v) is 22.4. The summed E-state index contributed by atoms with van der Waals surface area (Å²) in [5.74, 6) is 1.82. The molecule has 0 amide bonds. The summed E-state index contributed by atoms with van der Waals surface area (Å²) >= 11 is 0. The molecule has 37 heavy (non-hydrogen) atoms. The number of H-pyrrole nitrogens is 1. The number of aromatic amines is 1. The largest absolute Gasteiger partial charge is 0.354 e. The van der Waals surface area contributed by atoms with Crippen molar-refractivity contribution in [2.45, 2.75) is 65.8 Å². The number of nitrogens with one attached hydrogen (secondary N) is 1. The Bertz CT molecular complexity index is 1570. The quantitative estimate of drug-likeness (QED) is 0.320. The molecule has 5 aromatic rings. The molecule has 5 heterocycles. The van der Waals surface area contributed by atoms with E-state index in [4.69, 9.17) is 0 Å². The first-order valence-electron chi connectivity index (χ1n) is 13.3. The van der Waals surface area contributed by atoms with E-state index >= 15 is 0 Å². The summed E-state index contributed by atoms with van der Waals surface area (Å²) in [5, 5.41) is 9.78. The Morgan fingerprint density at radius 2 is 1.78 bits per heavy atom. The van der Waals surface area contributed by atoms with Crippen LogP contribution >= 0.6 is 0 Å². The van der Waals surface area contributed by atoms with E-state index in [1.54, 1.807) is 6.33 Å². The summed E-state index contributed by atoms with van der Waals surface area (Å²) in [7, 11) is 0. The van der Waals surface area contributed by atoms with E-state index in [0.717, 1.165) is 31.1 Å². The third kappa shape index (κ3) is 4.31. The number of rotatable bonds is 5. The summed E-state index contributed by atoms with van der Waals surface area (Å²) < 4.78 is 2.04. The lowest BCUT2D eigenvalue weighted by Gasteiger charge is -2.32. The minimum atomic E-state index is 0.397. The van der Waals surface area contributed by atoms with Gasteiger partial charge in [-0.1, -0.05) is 19.9 Å². The van der Waals surface area contributed by atoms with Crippen LogP contribution in [0.3, 0.4) is 0 Å². The third-order valence-electron chi connectivity index (χ3n) is 8.15. The second-order valence-electron chi connectivity index (χ2n) is 10.9. The van der Waals surface area contributed by atoms with Crippen molar-refractivity contribution in [3.63, 3.8) is 0 Å². The molecule has 1 fully saturated rings. The maximum atomic E-state index is 4.36. The van der Waals surface area contributed by atoms with Crippen molar-refractivity contribution in [3.05, 3.63) is 76.8 Å². The molecule has 6 rings (SSSR count). The number of aromatic nitrogens is 6. The molecule has 7 nitrogen and oxygen atoms in total. The molecule has 4 aromatic heterocycles. The van der Waals surface area contributed by atoms with Gasteiger partial charge in [0.15, 0.2) is 5.65 Å². The topological polar surface area (TPSA) is 75.0 Å². The monoisotopic (exact) mass is 493 g/mol. The van der Waals surface area contributed by atoms with Crippen LogP contribution in [0.1, 0.15) is 72.2 Å². The fraction of sp³-hybridized carbons (Fsp3) is 0.400. The molecule has 0 bridgehead atoms. The van der Waals surface area contributed by atoms with Crippen LogP contribution in [-0.4, -0.2) is 47.5 Å².